The molecule has 7 N–H and O–H groups in total. The van der Waals surface area contributed by atoms with Crippen LogP contribution in [-0.4, -0.2) is 295 Å². The van der Waals surface area contributed by atoms with E-state index in [0.29, 0.717) is 31.1 Å². The molecule has 4 aromatic rings. The van der Waals surface area contributed by atoms with Gasteiger partial charge in [-0.1, -0.05) is 117 Å². The highest BCUT2D eigenvalue weighted by molar-refractivity contribution is 7.86. The SMILES string of the molecule is CC.CCCC[Si](C)(C)O[Si](C)(C)O[Si](C)(C)CCC[N+](C)(CC)CC.CCCC[Si](C)(C)O[Si](C)(C)O[Si](C)(C)CCC[N+](C)(CC)CC.CCCC[Si](C)(C)O[Si](C)(C)O[Si](C)(C)CCC[N+](C)(CC)CC.CCn1c(O)c(CS(=O)(=O)[O-])c(C)c(N=Nc2cc(Nc3nc(NCCC[Si]4(O)OC5CCCCCCC6O[Si]7(CCCN)OC(CC5O4)C6O7)nc(Nc4ccccc4)n3)ccc2S(=O)(=O)[O-])c1=O.O=[Si]=O. The van der Waals surface area contributed by atoms with Gasteiger partial charge in [0.1, 0.15) is 15.8 Å². The smallest absolute Gasteiger partial charge is 0.549 e. The standard InChI is InChI=1S/C42H58N10O14S2Si2.3C18H46NO2Si3.C2H6.O2Si/c1-3-52-38(53)29(25-67(55,56)57)26(2)36(39(52)54)51-50-30-23-28(17-18-35(30)68(58,59)60)46-42-48-40(47-41(49-42)45-27-13-7-6-8-14-27)44-20-12-21-69(61)62-31-15-9-4-5-10-16-32-37-34(24-33(31)63-69)65-70(64-32,66-37)22-11-19-43;3*1-11-14-17-22(5,6)20-24(9,10)21-23(7,8)18-15-16-19(4,12-2)13-3;1-2;1-3-2/h6-8,13-14,17-18,23,31-34,37,53,61H,3-5,9-12,15-16,19-22,24-25,43H2,1-2H3,(H,55,56,57)(H,58,59,60)(H3,44,45,46,47,48,49);3*11-18H2,1-10H3;1-2H3;/q;3*+1;;/p-2. The average molecular weight is 2310 g/mol. The molecule has 2 bridgehead atoms. The molecule has 3 aliphatic heterocycles. The predicted molar refractivity (Wildman–Crippen MR) is 621 cm³/mol. The zero-order valence-electron chi connectivity index (χ0n) is 97.1. The second-order valence-electron chi connectivity index (χ2n) is 45.5. The van der Waals surface area contributed by atoms with Gasteiger partial charge in [0, 0.05) is 48.5 Å². The number of azo groups is 1. The molecule has 4 fully saturated rings. The van der Waals surface area contributed by atoms with Crippen molar-refractivity contribution in [2.75, 3.05) is 109 Å². The molecule has 7 atom stereocenters. The number of nitrogens with two attached hydrogens (primary N) is 1. The maximum atomic E-state index is 13.3. The van der Waals surface area contributed by atoms with Crippen molar-refractivity contribution in [3.8, 4) is 5.88 Å². The molecule has 2 aromatic heterocycles. The highest BCUT2D eigenvalue weighted by Crippen LogP contribution is 2.47. The molecule has 49 heteroatoms. The number of unbranched alkanes of at least 4 members (excludes halogenated alkanes) is 3. The van der Waals surface area contributed by atoms with Crippen LogP contribution < -0.4 is 27.2 Å². The minimum atomic E-state index is -5.18. The Bertz CT molecular complexity index is 4760. The number of hydrogen-bond acceptors (Lipinski definition) is 31. The maximum absolute atomic E-state index is 13.3. The Hall–Kier alpha value is -3.42. The van der Waals surface area contributed by atoms with Gasteiger partial charge in [0.25, 0.3) is 5.56 Å². The third kappa shape index (κ3) is 50.8. The summed E-state index contributed by atoms with van der Waals surface area (Å²) >= 11 is 0. The van der Waals surface area contributed by atoms with Crippen LogP contribution in [0.15, 0.2) is 68.4 Å². The van der Waals surface area contributed by atoms with Crippen molar-refractivity contribution < 1.29 is 105 Å². The van der Waals surface area contributed by atoms with Gasteiger partial charge in [0.15, 0.2) is 61.5 Å². The van der Waals surface area contributed by atoms with E-state index in [1.165, 1.54) is 186 Å². The number of rotatable bonds is 57. The fourth-order valence-corrected chi connectivity index (χ4v) is 69.2. The molecule has 0 spiro atoms. The third-order valence-electron chi connectivity index (χ3n) is 28.0. The Labute approximate surface area is 901 Å². The number of fused-ring (bicyclic) bond motifs is 2. The summed E-state index contributed by atoms with van der Waals surface area (Å²) in [6, 6.07) is 20.8. The van der Waals surface area contributed by atoms with Gasteiger partial charge in [-0.05, 0) is 297 Å². The van der Waals surface area contributed by atoms with E-state index >= 15 is 0 Å². The normalized spacial score (nSPS) is 19.4. The van der Waals surface area contributed by atoms with E-state index in [9.17, 15) is 40.6 Å². The lowest BCUT2D eigenvalue weighted by molar-refractivity contribution is -0.906. The lowest BCUT2D eigenvalue weighted by Crippen LogP contribution is -2.52. The molecule has 35 nitrogen and oxygen atoms in total. The maximum Gasteiger partial charge on any atom is 0.549 e. The highest BCUT2D eigenvalue weighted by atomic mass is 32.2. The Morgan fingerprint density at radius 2 is 0.898 bits per heavy atom. The van der Waals surface area contributed by atoms with Gasteiger partial charge in [-0.15, -0.1) is 10.2 Å². The number of nitrogens with zero attached hydrogens (tertiary/aromatic N) is 9. The number of anilines is 5. The van der Waals surface area contributed by atoms with Crippen molar-refractivity contribution in [2.24, 2.45) is 16.0 Å². The highest BCUT2D eigenvalue weighted by Gasteiger charge is 2.64. The first kappa shape index (κ1) is 138. The van der Waals surface area contributed by atoms with E-state index in [2.05, 4.69) is 242 Å². The Morgan fingerprint density at radius 1 is 0.510 bits per heavy atom. The van der Waals surface area contributed by atoms with Crippen LogP contribution in [0.2, 0.25) is 166 Å². The summed E-state index contributed by atoms with van der Waals surface area (Å²) in [5.41, 5.74) is 4.04. The number of aromatic nitrogens is 4. The van der Waals surface area contributed by atoms with Gasteiger partial charge < -0.3 is 101 Å². The number of aromatic hydroxyl groups is 1. The van der Waals surface area contributed by atoms with E-state index < -0.39 is 162 Å². The van der Waals surface area contributed by atoms with Gasteiger partial charge in [0.05, 0.1) is 131 Å². The first-order valence-electron chi connectivity index (χ1n) is 54.7. The molecule has 147 heavy (non-hydrogen) atoms. The van der Waals surface area contributed by atoms with Crippen molar-refractivity contribution in [1.82, 2.24) is 19.5 Å². The molecule has 8 rings (SSSR count). The summed E-state index contributed by atoms with van der Waals surface area (Å²) in [7, 11) is -26.6. The van der Waals surface area contributed by atoms with Crippen LogP contribution in [0, 0.1) is 6.92 Å². The monoisotopic (exact) mass is 2310 g/mol. The summed E-state index contributed by atoms with van der Waals surface area (Å²) in [6.07, 6.45) is 17.8. The van der Waals surface area contributed by atoms with Crippen LogP contribution >= 0.6 is 0 Å². The van der Waals surface area contributed by atoms with Crippen molar-refractivity contribution in [1.29, 1.82) is 0 Å². The fourth-order valence-electron chi connectivity index (χ4n) is 19.6. The molecule has 0 amide bonds. The van der Waals surface area contributed by atoms with Crippen LogP contribution in [0.4, 0.5) is 40.6 Å². The van der Waals surface area contributed by atoms with Crippen LogP contribution in [0.1, 0.15) is 210 Å². The topological polar surface area (TPSA) is 438 Å². The molecule has 1 saturated carbocycles. The Morgan fingerprint density at radius 3 is 1.29 bits per heavy atom. The zero-order valence-corrected chi connectivity index (χ0v) is 111. The lowest BCUT2D eigenvalue weighted by Gasteiger charge is -2.39. The number of quaternary nitrogens is 3. The number of para-hydroxylation sites is 1. The summed E-state index contributed by atoms with van der Waals surface area (Å²) in [6.45, 7) is 81.1. The lowest BCUT2D eigenvalue weighted by atomic mass is 9.93. The molecule has 848 valence electrons. The summed E-state index contributed by atoms with van der Waals surface area (Å²) < 4.78 is 166. The minimum Gasteiger partial charge on any atom is -0.748 e. The first-order valence-corrected chi connectivity index (χ1v) is 89.5. The van der Waals surface area contributed by atoms with E-state index in [4.69, 9.17) is 61.5 Å². The second kappa shape index (κ2) is 62.7. The van der Waals surface area contributed by atoms with Gasteiger partial charge in [-0.25, -0.2) is 16.8 Å². The van der Waals surface area contributed by atoms with Crippen LogP contribution in [0.3, 0.4) is 0 Å². The number of pyridine rings is 1. The predicted octanol–water partition coefficient (Wildman–Crippen LogP) is 22.5. The number of benzene rings is 2. The molecule has 1 aliphatic carbocycles. The number of hydrogen-bond donors (Lipinski definition) is 6. The summed E-state index contributed by atoms with van der Waals surface area (Å²) in [4.78, 5) is 37.8. The fraction of sp³-hybridized carbons (Fsp3) is 0.796. The average Bonchev–Trinajstić information content (AvgIpc) is 1.57. The van der Waals surface area contributed by atoms with Gasteiger partial charge >= 0.3 is 52.6 Å². The van der Waals surface area contributed by atoms with E-state index in [1.807, 2.05) is 32.0 Å². The number of nitrogens with one attached hydrogen (secondary N) is 3. The van der Waals surface area contributed by atoms with Crippen molar-refractivity contribution >= 4 is 163 Å². The largest absolute Gasteiger partial charge is 0.748 e. The Balaban J connectivity index is 0.000000589. The van der Waals surface area contributed by atoms with Crippen LogP contribution in [-0.2, 0) is 88.3 Å². The van der Waals surface area contributed by atoms with E-state index in [1.54, 1.807) is 12.1 Å². The van der Waals surface area contributed by atoms with Gasteiger partial charge in [-0.2, -0.15) is 15.0 Å². The molecule has 7 unspecified atom stereocenters. The zero-order chi connectivity index (χ0) is 112. The van der Waals surface area contributed by atoms with Crippen molar-refractivity contribution in [3.63, 3.8) is 0 Å². The van der Waals surface area contributed by atoms with Crippen LogP contribution in [0.5, 0.6) is 5.88 Å². The molecular formula is C98H200N13O22S2Si12+. The summed E-state index contributed by atoms with van der Waals surface area (Å²) in [5, 5.41) is 27.7. The molecular weight excluding hydrogens is 2110 g/mol. The minimum absolute atomic E-state index is 0.0271. The van der Waals surface area contributed by atoms with Gasteiger partial charge in [-0.3, -0.25) is 18.3 Å². The molecule has 4 aliphatic rings. The van der Waals surface area contributed by atoms with Crippen molar-refractivity contribution in [3.05, 3.63) is 70.0 Å². The molecule has 0 radical (unpaired) electrons. The molecule has 2 aromatic carbocycles. The van der Waals surface area contributed by atoms with Crippen LogP contribution in [0.25, 0.3) is 0 Å². The first-order chi connectivity index (χ1) is 68.2. The molecule has 3 saturated heterocycles. The summed E-state index contributed by atoms with van der Waals surface area (Å²) in [5.74, 6) is -1.75. The van der Waals surface area contributed by atoms with E-state index in [0.717, 1.165) is 61.6 Å². The van der Waals surface area contributed by atoms with E-state index in [-0.39, 0.29) is 78.7 Å². The second-order valence-corrected chi connectivity index (χ2v) is 90.8. The van der Waals surface area contributed by atoms with Gasteiger partial charge in [0.2, 0.25) is 17.8 Å². The quantitative estimate of drug-likeness (QED) is 0.00786. The molecule has 5 heterocycles. The third-order valence-corrected chi connectivity index (χ3v) is 69.2. The Kier molecular flexibility index (Phi) is 58.7. The van der Waals surface area contributed by atoms with Crippen molar-refractivity contribution in [2.45, 2.75) is 419 Å².